The topological polar surface area (TPSA) is 89.3 Å². The van der Waals surface area contributed by atoms with E-state index < -0.39 is 0 Å². The van der Waals surface area contributed by atoms with E-state index in [1.165, 1.54) is 6.33 Å². The van der Waals surface area contributed by atoms with E-state index in [1.807, 2.05) is 6.92 Å². The molecule has 1 aliphatic rings. The van der Waals surface area contributed by atoms with Crippen molar-refractivity contribution in [3.05, 3.63) is 71.8 Å². The molecular weight excluding hydrogens is 370 g/mol. The molecule has 0 saturated carbocycles. The highest BCUT2D eigenvalue weighted by atomic mass is 16.5. The smallest absolute Gasteiger partial charge is 0.255 e. The SMILES string of the molecule is Cc1c(NC(=O)c2ccc(-n3cncn3)cc2)cccc1C(=O)N1CCOCC1. The van der Waals surface area contributed by atoms with Crippen molar-refractivity contribution >= 4 is 17.5 Å². The van der Waals surface area contributed by atoms with Gasteiger partial charge in [0.05, 0.1) is 18.9 Å². The number of rotatable bonds is 4. The summed E-state index contributed by atoms with van der Waals surface area (Å²) >= 11 is 0. The molecule has 4 rings (SSSR count). The molecule has 3 aromatic rings. The molecule has 0 atom stereocenters. The van der Waals surface area contributed by atoms with Crippen LogP contribution in [0.3, 0.4) is 0 Å². The van der Waals surface area contributed by atoms with Crippen molar-refractivity contribution in [2.24, 2.45) is 0 Å². The van der Waals surface area contributed by atoms with Crippen molar-refractivity contribution in [3.63, 3.8) is 0 Å². The Morgan fingerprint density at radius 3 is 2.52 bits per heavy atom. The third kappa shape index (κ3) is 4.02. The molecule has 2 heterocycles. The summed E-state index contributed by atoms with van der Waals surface area (Å²) in [4.78, 5) is 31.2. The number of anilines is 1. The number of carbonyl (C=O) groups is 2. The van der Waals surface area contributed by atoms with E-state index in [4.69, 9.17) is 4.74 Å². The molecule has 0 unspecified atom stereocenters. The van der Waals surface area contributed by atoms with Crippen LogP contribution in [0.1, 0.15) is 26.3 Å². The molecule has 1 N–H and O–H groups in total. The van der Waals surface area contributed by atoms with Gasteiger partial charge in [0.25, 0.3) is 11.8 Å². The van der Waals surface area contributed by atoms with E-state index in [9.17, 15) is 9.59 Å². The number of carbonyl (C=O) groups excluding carboxylic acids is 2. The maximum Gasteiger partial charge on any atom is 0.255 e. The maximum atomic E-state index is 12.8. The first-order valence-electron chi connectivity index (χ1n) is 9.36. The summed E-state index contributed by atoms with van der Waals surface area (Å²) < 4.78 is 6.93. The molecule has 2 amide bonds. The lowest BCUT2D eigenvalue weighted by atomic mass is 10.0. The molecule has 0 bridgehead atoms. The van der Waals surface area contributed by atoms with Crippen molar-refractivity contribution in [3.8, 4) is 5.69 Å². The Hall–Kier alpha value is -3.52. The number of morpholine rings is 1. The highest BCUT2D eigenvalue weighted by molar-refractivity contribution is 6.06. The molecule has 1 saturated heterocycles. The number of hydrogen-bond acceptors (Lipinski definition) is 5. The Kier molecular flexibility index (Phi) is 5.35. The Morgan fingerprint density at radius 2 is 1.83 bits per heavy atom. The standard InChI is InChI=1S/C21H21N5O3/c1-15-18(21(28)25-9-11-29-12-10-25)3-2-4-19(15)24-20(27)16-5-7-17(8-6-16)26-14-22-13-23-26/h2-8,13-14H,9-12H2,1H3,(H,24,27). The van der Waals surface area contributed by atoms with Crippen molar-refractivity contribution in [2.75, 3.05) is 31.6 Å². The van der Waals surface area contributed by atoms with Crippen LogP contribution in [0.5, 0.6) is 0 Å². The van der Waals surface area contributed by atoms with Crippen molar-refractivity contribution in [1.82, 2.24) is 19.7 Å². The molecular formula is C21H21N5O3. The van der Waals surface area contributed by atoms with Gasteiger partial charge in [-0.05, 0) is 48.9 Å². The summed E-state index contributed by atoms with van der Waals surface area (Å²) in [6.45, 7) is 4.09. The lowest BCUT2D eigenvalue weighted by molar-refractivity contribution is 0.0302. The van der Waals surface area contributed by atoms with Gasteiger partial charge >= 0.3 is 0 Å². The predicted molar refractivity (Wildman–Crippen MR) is 107 cm³/mol. The van der Waals surface area contributed by atoms with E-state index >= 15 is 0 Å². The first-order valence-corrected chi connectivity index (χ1v) is 9.36. The number of aromatic nitrogens is 3. The second-order valence-electron chi connectivity index (χ2n) is 6.72. The third-order valence-corrected chi connectivity index (χ3v) is 4.92. The van der Waals surface area contributed by atoms with Crippen LogP contribution in [0, 0.1) is 6.92 Å². The Balaban J connectivity index is 1.50. The van der Waals surface area contributed by atoms with Crippen LogP contribution >= 0.6 is 0 Å². The molecule has 2 aromatic carbocycles. The molecule has 8 heteroatoms. The molecule has 29 heavy (non-hydrogen) atoms. The number of nitrogens with one attached hydrogen (secondary N) is 1. The number of hydrogen-bond donors (Lipinski definition) is 1. The van der Waals surface area contributed by atoms with Gasteiger partial charge in [0.2, 0.25) is 0 Å². The van der Waals surface area contributed by atoms with Gasteiger partial charge in [-0.3, -0.25) is 9.59 Å². The zero-order valence-electron chi connectivity index (χ0n) is 16.0. The fourth-order valence-corrected chi connectivity index (χ4v) is 3.24. The Morgan fingerprint density at radius 1 is 1.07 bits per heavy atom. The second kappa shape index (κ2) is 8.24. The van der Waals surface area contributed by atoms with Gasteiger partial charge in [-0.15, -0.1) is 0 Å². The summed E-state index contributed by atoms with van der Waals surface area (Å²) in [6.07, 6.45) is 3.05. The van der Waals surface area contributed by atoms with E-state index in [0.29, 0.717) is 43.1 Å². The summed E-state index contributed by atoms with van der Waals surface area (Å²) in [5.41, 5.74) is 3.28. The van der Waals surface area contributed by atoms with Gasteiger partial charge in [0, 0.05) is 29.9 Å². The summed E-state index contributed by atoms with van der Waals surface area (Å²) in [7, 11) is 0. The average Bonchev–Trinajstić information content (AvgIpc) is 3.30. The van der Waals surface area contributed by atoms with E-state index in [-0.39, 0.29) is 11.8 Å². The Bertz CT molecular complexity index is 1010. The van der Waals surface area contributed by atoms with Gasteiger partial charge < -0.3 is 15.0 Å². The first-order chi connectivity index (χ1) is 14.1. The number of nitrogens with zero attached hydrogens (tertiary/aromatic N) is 4. The second-order valence-corrected chi connectivity index (χ2v) is 6.72. The zero-order chi connectivity index (χ0) is 20.2. The molecule has 1 fully saturated rings. The fraction of sp³-hybridized carbons (Fsp3) is 0.238. The van der Waals surface area contributed by atoms with Crippen LogP contribution in [0.4, 0.5) is 5.69 Å². The summed E-state index contributed by atoms with van der Waals surface area (Å²) in [5, 5.41) is 6.98. The third-order valence-electron chi connectivity index (χ3n) is 4.92. The molecule has 0 spiro atoms. The molecule has 1 aliphatic heterocycles. The lowest BCUT2D eigenvalue weighted by Crippen LogP contribution is -2.41. The van der Waals surface area contributed by atoms with Crippen molar-refractivity contribution in [1.29, 1.82) is 0 Å². The minimum absolute atomic E-state index is 0.0425. The highest BCUT2D eigenvalue weighted by Crippen LogP contribution is 2.22. The van der Waals surface area contributed by atoms with Gasteiger partial charge in [-0.1, -0.05) is 6.07 Å². The minimum Gasteiger partial charge on any atom is -0.378 e. The van der Waals surface area contributed by atoms with Gasteiger partial charge in [0.1, 0.15) is 12.7 Å². The van der Waals surface area contributed by atoms with Crippen LogP contribution in [0.2, 0.25) is 0 Å². The maximum absolute atomic E-state index is 12.8. The van der Waals surface area contributed by atoms with Crippen LogP contribution in [0.15, 0.2) is 55.1 Å². The molecule has 0 aliphatic carbocycles. The minimum atomic E-state index is -0.241. The lowest BCUT2D eigenvalue weighted by Gasteiger charge is -2.27. The van der Waals surface area contributed by atoms with Gasteiger partial charge in [-0.2, -0.15) is 5.10 Å². The quantitative estimate of drug-likeness (QED) is 0.737. The summed E-state index contributed by atoms with van der Waals surface area (Å²) in [5.74, 6) is -0.284. The first kappa shape index (κ1) is 18.8. The van der Waals surface area contributed by atoms with Crippen molar-refractivity contribution < 1.29 is 14.3 Å². The van der Waals surface area contributed by atoms with Crippen LogP contribution in [-0.4, -0.2) is 57.8 Å². The molecule has 148 valence electrons. The zero-order valence-corrected chi connectivity index (χ0v) is 16.0. The summed E-state index contributed by atoms with van der Waals surface area (Å²) in [6, 6.07) is 12.4. The molecule has 8 nitrogen and oxygen atoms in total. The van der Waals surface area contributed by atoms with Crippen molar-refractivity contribution in [2.45, 2.75) is 6.92 Å². The average molecular weight is 391 g/mol. The van der Waals surface area contributed by atoms with Crippen LogP contribution in [0.25, 0.3) is 5.69 Å². The van der Waals surface area contributed by atoms with Crippen LogP contribution < -0.4 is 5.32 Å². The van der Waals surface area contributed by atoms with Gasteiger partial charge in [-0.25, -0.2) is 9.67 Å². The molecule has 1 aromatic heterocycles. The number of ether oxygens (including phenoxy) is 1. The monoisotopic (exact) mass is 391 g/mol. The van der Waals surface area contributed by atoms with E-state index in [2.05, 4.69) is 15.4 Å². The number of benzene rings is 2. The predicted octanol–water partition coefficient (Wildman–Crippen LogP) is 2.30. The highest BCUT2D eigenvalue weighted by Gasteiger charge is 2.21. The Labute approximate surface area is 168 Å². The van der Waals surface area contributed by atoms with E-state index in [1.54, 1.807) is 58.4 Å². The normalized spacial score (nSPS) is 13.9. The van der Waals surface area contributed by atoms with E-state index in [0.717, 1.165) is 11.3 Å². The number of amides is 2. The van der Waals surface area contributed by atoms with Gasteiger partial charge in [0.15, 0.2) is 0 Å². The fourth-order valence-electron chi connectivity index (χ4n) is 3.24. The molecule has 0 radical (unpaired) electrons. The van der Waals surface area contributed by atoms with Crippen LogP contribution in [-0.2, 0) is 4.74 Å². The largest absolute Gasteiger partial charge is 0.378 e.